The first-order valence-corrected chi connectivity index (χ1v) is 6.36. The highest BCUT2D eigenvalue weighted by Gasteiger charge is 2.21. The molecule has 2 atom stereocenters. The van der Waals surface area contributed by atoms with Crippen molar-refractivity contribution in [2.75, 3.05) is 0 Å². The predicted octanol–water partition coefficient (Wildman–Crippen LogP) is 2.73. The van der Waals surface area contributed by atoms with Crippen LogP contribution in [0.1, 0.15) is 32.6 Å². The first-order chi connectivity index (χ1) is 7.02. The summed E-state index contributed by atoms with van der Waals surface area (Å²) in [5.74, 6) is 0. The predicted molar refractivity (Wildman–Crippen MR) is 66.1 cm³/mol. The molecule has 15 heavy (non-hydrogen) atoms. The number of aliphatic hydroxyl groups is 1. The van der Waals surface area contributed by atoms with Crippen molar-refractivity contribution in [3.05, 3.63) is 22.4 Å². The summed E-state index contributed by atoms with van der Waals surface area (Å²) in [7, 11) is 0. The van der Waals surface area contributed by atoms with Gasteiger partial charge >= 0.3 is 0 Å². The smallest absolute Gasteiger partial charge is 0.0664 e. The lowest BCUT2D eigenvalue weighted by Crippen LogP contribution is -2.43. The molecule has 0 radical (unpaired) electrons. The molecule has 0 aliphatic rings. The number of aliphatic hydroxyl groups excluding tert-OH is 1. The highest BCUT2D eigenvalue weighted by Crippen LogP contribution is 2.17. The SMILES string of the molecule is CC(O)C(C)N(Cc1cccs1)C(C)C. The van der Waals surface area contributed by atoms with Gasteiger partial charge in [-0.3, -0.25) is 4.90 Å². The minimum Gasteiger partial charge on any atom is -0.392 e. The number of rotatable bonds is 5. The van der Waals surface area contributed by atoms with E-state index in [1.165, 1.54) is 4.88 Å². The van der Waals surface area contributed by atoms with E-state index in [1.54, 1.807) is 11.3 Å². The van der Waals surface area contributed by atoms with Gasteiger partial charge in [-0.15, -0.1) is 11.3 Å². The Balaban J connectivity index is 2.66. The van der Waals surface area contributed by atoms with E-state index in [1.807, 2.05) is 6.92 Å². The van der Waals surface area contributed by atoms with Crippen LogP contribution in [0, 0.1) is 0 Å². The zero-order valence-electron chi connectivity index (χ0n) is 9.97. The quantitative estimate of drug-likeness (QED) is 0.836. The molecule has 2 nitrogen and oxygen atoms in total. The van der Waals surface area contributed by atoms with E-state index in [-0.39, 0.29) is 12.1 Å². The normalized spacial score (nSPS) is 15.9. The van der Waals surface area contributed by atoms with Crippen molar-refractivity contribution >= 4 is 11.3 Å². The molecule has 2 unspecified atom stereocenters. The van der Waals surface area contributed by atoms with Crippen LogP contribution in [-0.2, 0) is 6.54 Å². The van der Waals surface area contributed by atoms with Gasteiger partial charge in [0.15, 0.2) is 0 Å². The zero-order valence-corrected chi connectivity index (χ0v) is 10.8. The van der Waals surface area contributed by atoms with Gasteiger partial charge in [-0.2, -0.15) is 0 Å². The van der Waals surface area contributed by atoms with E-state index in [0.29, 0.717) is 6.04 Å². The third-order valence-electron chi connectivity index (χ3n) is 2.80. The number of hydrogen-bond donors (Lipinski definition) is 1. The van der Waals surface area contributed by atoms with Crippen molar-refractivity contribution in [2.45, 2.75) is 52.4 Å². The van der Waals surface area contributed by atoms with Gasteiger partial charge < -0.3 is 5.11 Å². The van der Waals surface area contributed by atoms with Crippen LogP contribution < -0.4 is 0 Å². The van der Waals surface area contributed by atoms with Gasteiger partial charge in [0.1, 0.15) is 0 Å². The molecule has 0 saturated carbocycles. The highest BCUT2D eigenvalue weighted by molar-refractivity contribution is 7.09. The first kappa shape index (κ1) is 12.7. The van der Waals surface area contributed by atoms with E-state index in [4.69, 9.17) is 0 Å². The molecule has 0 bridgehead atoms. The number of hydrogen-bond acceptors (Lipinski definition) is 3. The van der Waals surface area contributed by atoms with E-state index in [0.717, 1.165) is 6.54 Å². The molecule has 0 fully saturated rings. The maximum Gasteiger partial charge on any atom is 0.0664 e. The van der Waals surface area contributed by atoms with Gasteiger partial charge in [-0.1, -0.05) is 6.07 Å². The fourth-order valence-electron chi connectivity index (χ4n) is 1.66. The van der Waals surface area contributed by atoms with Crippen LogP contribution in [0.5, 0.6) is 0 Å². The van der Waals surface area contributed by atoms with Gasteiger partial charge in [0.2, 0.25) is 0 Å². The molecule has 1 heterocycles. The summed E-state index contributed by atoms with van der Waals surface area (Å²) < 4.78 is 0. The fraction of sp³-hybridized carbons (Fsp3) is 0.667. The second-order valence-corrected chi connectivity index (χ2v) is 5.36. The molecule has 86 valence electrons. The minimum atomic E-state index is -0.285. The summed E-state index contributed by atoms with van der Waals surface area (Å²) in [6.45, 7) is 9.22. The van der Waals surface area contributed by atoms with Crippen LogP contribution in [0.25, 0.3) is 0 Å². The summed E-state index contributed by atoms with van der Waals surface area (Å²) in [6, 6.07) is 4.88. The monoisotopic (exact) mass is 227 g/mol. The Hall–Kier alpha value is -0.380. The zero-order chi connectivity index (χ0) is 11.4. The van der Waals surface area contributed by atoms with Crippen molar-refractivity contribution < 1.29 is 5.11 Å². The van der Waals surface area contributed by atoms with Crippen molar-refractivity contribution in [2.24, 2.45) is 0 Å². The lowest BCUT2D eigenvalue weighted by molar-refractivity contribution is 0.0471. The van der Waals surface area contributed by atoms with Gasteiger partial charge in [-0.25, -0.2) is 0 Å². The molecule has 0 aliphatic carbocycles. The second-order valence-electron chi connectivity index (χ2n) is 4.33. The fourth-order valence-corrected chi connectivity index (χ4v) is 2.37. The van der Waals surface area contributed by atoms with Crippen LogP contribution in [0.15, 0.2) is 17.5 Å². The van der Waals surface area contributed by atoms with Crippen LogP contribution in [-0.4, -0.2) is 28.2 Å². The summed E-state index contributed by atoms with van der Waals surface area (Å²) in [4.78, 5) is 3.69. The Morgan fingerprint density at radius 2 is 2.00 bits per heavy atom. The first-order valence-electron chi connectivity index (χ1n) is 5.48. The largest absolute Gasteiger partial charge is 0.392 e. The van der Waals surface area contributed by atoms with Crippen LogP contribution in [0.3, 0.4) is 0 Å². The molecule has 1 rings (SSSR count). The van der Waals surface area contributed by atoms with Crippen LogP contribution in [0.2, 0.25) is 0 Å². The number of thiophene rings is 1. The molecule has 0 spiro atoms. The molecule has 0 amide bonds. The molecule has 1 N–H and O–H groups in total. The third-order valence-corrected chi connectivity index (χ3v) is 3.66. The maximum absolute atomic E-state index is 9.63. The Morgan fingerprint density at radius 1 is 1.33 bits per heavy atom. The molecule has 0 saturated heterocycles. The Kier molecular flexibility index (Phi) is 4.77. The van der Waals surface area contributed by atoms with Gasteiger partial charge in [0, 0.05) is 23.5 Å². The van der Waals surface area contributed by atoms with Crippen molar-refractivity contribution in [1.82, 2.24) is 4.90 Å². The molecular formula is C12H21NOS. The Bertz CT molecular complexity index is 269. The van der Waals surface area contributed by atoms with Crippen molar-refractivity contribution in [1.29, 1.82) is 0 Å². The highest BCUT2D eigenvalue weighted by atomic mass is 32.1. The summed E-state index contributed by atoms with van der Waals surface area (Å²) in [5.41, 5.74) is 0. The summed E-state index contributed by atoms with van der Waals surface area (Å²) in [5, 5.41) is 11.7. The van der Waals surface area contributed by atoms with Crippen LogP contribution in [0.4, 0.5) is 0 Å². The van der Waals surface area contributed by atoms with Crippen molar-refractivity contribution in [3.8, 4) is 0 Å². The average Bonchev–Trinajstić information content (AvgIpc) is 2.64. The minimum absolute atomic E-state index is 0.201. The van der Waals surface area contributed by atoms with Gasteiger partial charge in [0.05, 0.1) is 6.10 Å². The topological polar surface area (TPSA) is 23.5 Å². The lowest BCUT2D eigenvalue weighted by atomic mass is 10.1. The molecule has 3 heteroatoms. The second kappa shape index (κ2) is 5.64. The summed E-state index contributed by atoms with van der Waals surface area (Å²) in [6.07, 6.45) is -0.285. The van der Waals surface area contributed by atoms with E-state index in [2.05, 4.69) is 43.2 Å². The maximum atomic E-state index is 9.63. The Labute approximate surface area is 96.5 Å². The van der Waals surface area contributed by atoms with E-state index >= 15 is 0 Å². The van der Waals surface area contributed by atoms with Gasteiger partial charge in [-0.05, 0) is 39.1 Å². The molecular weight excluding hydrogens is 206 g/mol. The summed E-state index contributed by atoms with van der Waals surface area (Å²) >= 11 is 1.77. The third kappa shape index (κ3) is 3.59. The lowest BCUT2D eigenvalue weighted by Gasteiger charge is -2.34. The van der Waals surface area contributed by atoms with E-state index in [9.17, 15) is 5.11 Å². The van der Waals surface area contributed by atoms with Gasteiger partial charge in [0.25, 0.3) is 0 Å². The van der Waals surface area contributed by atoms with Crippen LogP contribution >= 0.6 is 11.3 Å². The van der Waals surface area contributed by atoms with E-state index < -0.39 is 0 Å². The molecule has 1 aromatic heterocycles. The average molecular weight is 227 g/mol. The molecule has 0 aliphatic heterocycles. The molecule has 0 aromatic carbocycles. The Morgan fingerprint density at radius 3 is 2.40 bits per heavy atom. The molecule has 1 aromatic rings. The standard InChI is InChI=1S/C12H21NOS/c1-9(2)13(10(3)11(4)14)8-12-6-5-7-15-12/h5-7,9-11,14H,8H2,1-4H3. The number of nitrogens with zero attached hydrogens (tertiary/aromatic N) is 1. The van der Waals surface area contributed by atoms with Crippen molar-refractivity contribution in [3.63, 3.8) is 0 Å².